The number of carbonyl (C=O) groups excluding carboxylic acids is 1. The Labute approximate surface area is 138 Å². The van der Waals surface area contributed by atoms with Crippen LogP contribution >= 0.6 is 0 Å². The predicted octanol–water partition coefficient (Wildman–Crippen LogP) is 2.01. The van der Waals surface area contributed by atoms with Gasteiger partial charge < -0.3 is 10.1 Å². The van der Waals surface area contributed by atoms with Crippen LogP contribution in [0.2, 0.25) is 0 Å². The first kappa shape index (κ1) is 19.3. The molecule has 0 aromatic heterocycles. The van der Waals surface area contributed by atoms with Crippen molar-refractivity contribution in [3.05, 3.63) is 24.3 Å². The smallest absolute Gasteiger partial charge is 0.232 e. The Hall–Kier alpha value is -1.76. The van der Waals surface area contributed by atoms with Crippen LogP contribution in [0.3, 0.4) is 0 Å². The molecule has 0 bridgehead atoms. The van der Waals surface area contributed by atoms with E-state index in [0.717, 1.165) is 12.7 Å². The van der Waals surface area contributed by atoms with E-state index in [1.165, 1.54) is 4.31 Å². The van der Waals surface area contributed by atoms with Crippen LogP contribution in [0, 0.1) is 5.92 Å². The molecular formula is C16H26N2O4S. The Morgan fingerprint density at radius 3 is 2.35 bits per heavy atom. The lowest BCUT2D eigenvalue weighted by Crippen LogP contribution is -2.35. The van der Waals surface area contributed by atoms with Gasteiger partial charge in [-0.15, -0.1) is 0 Å². The van der Waals surface area contributed by atoms with E-state index in [1.807, 2.05) is 0 Å². The maximum atomic E-state index is 12.0. The van der Waals surface area contributed by atoms with Gasteiger partial charge in [0.25, 0.3) is 0 Å². The molecule has 0 aliphatic carbocycles. The Balaban J connectivity index is 2.67. The predicted molar refractivity (Wildman–Crippen MR) is 92.3 cm³/mol. The number of sulfonamides is 1. The van der Waals surface area contributed by atoms with Crippen molar-refractivity contribution in [2.45, 2.75) is 26.7 Å². The second-order valence-electron chi connectivity index (χ2n) is 5.82. The van der Waals surface area contributed by atoms with Gasteiger partial charge in [-0.1, -0.05) is 13.8 Å². The first-order valence-electron chi connectivity index (χ1n) is 7.62. The van der Waals surface area contributed by atoms with Crippen LogP contribution in [0.5, 0.6) is 5.75 Å². The zero-order valence-corrected chi connectivity index (χ0v) is 15.0. The van der Waals surface area contributed by atoms with Gasteiger partial charge in [-0.2, -0.15) is 0 Å². The van der Waals surface area contributed by atoms with Crippen LogP contribution in [0.1, 0.15) is 26.7 Å². The van der Waals surface area contributed by atoms with Crippen LogP contribution < -0.4 is 14.4 Å². The monoisotopic (exact) mass is 342 g/mol. The maximum absolute atomic E-state index is 12.0. The first-order chi connectivity index (χ1) is 10.7. The second kappa shape index (κ2) is 8.76. The summed E-state index contributed by atoms with van der Waals surface area (Å²) in [7, 11) is -1.91. The lowest BCUT2D eigenvalue weighted by atomic mass is 10.1. The Bertz CT molecular complexity index is 597. The molecule has 7 heteroatoms. The van der Waals surface area contributed by atoms with Gasteiger partial charge in [-0.05, 0) is 36.6 Å². The first-order valence-corrected chi connectivity index (χ1v) is 9.47. The van der Waals surface area contributed by atoms with Crippen molar-refractivity contribution in [1.29, 1.82) is 0 Å². The zero-order valence-electron chi connectivity index (χ0n) is 14.2. The zero-order chi connectivity index (χ0) is 17.5. The summed E-state index contributed by atoms with van der Waals surface area (Å²) in [5.41, 5.74) is 0.517. The number of anilines is 1. The van der Waals surface area contributed by atoms with E-state index in [2.05, 4.69) is 19.2 Å². The number of rotatable bonds is 9. The van der Waals surface area contributed by atoms with E-state index in [9.17, 15) is 13.2 Å². The molecule has 0 radical (unpaired) electrons. The molecule has 1 aromatic rings. The molecular weight excluding hydrogens is 316 g/mol. The van der Waals surface area contributed by atoms with Crippen LogP contribution in [-0.2, 0) is 14.8 Å². The molecule has 130 valence electrons. The summed E-state index contributed by atoms with van der Waals surface area (Å²) in [6, 6.07) is 6.71. The van der Waals surface area contributed by atoms with E-state index in [-0.39, 0.29) is 18.9 Å². The summed E-state index contributed by atoms with van der Waals surface area (Å²) in [4.78, 5) is 11.8. The molecule has 1 rings (SSSR count). The summed E-state index contributed by atoms with van der Waals surface area (Å²) in [5, 5.41) is 2.81. The molecule has 1 amide bonds. The molecule has 0 unspecified atom stereocenters. The average molecular weight is 342 g/mol. The molecule has 0 atom stereocenters. The highest BCUT2D eigenvalue weighted by Crippen LogP contribution is 2.21. The third-order valence-corrected chi connectivity index (χ3v) is 4.54. The van der Waals surface area contributed by atoms with E-state index in [0.29, 0.717) is 23.9 Å². The van der Waals surface area contributed by atoms with E-state index < -0.39 is 10.0 Å². The number of ether oxygens (including phenoxy) is 1. The van der Waals surface area contributed by atoms with E-state index in [1.54, 1.807) is 31.4 Å². The third-order valence-electron chi connectivity index (χ3n) is 3.35. The molecule has 0 heterocycles. The van der Waals surface area contributed by atoms with Crippen molar-refractivity contribution >= 4 is 21.6 Å². The van der Waals surface area contributed by atoms with Gasteiger partial charge >= 0.3 is 0 Å². The molecule has 0 spiro atoms. The highest BCUT2D eigenvalue weighted by atomic mass is 32.2. The Morgan fingerprint density at radius 2 is 1.87 bits per heavy atom. The quantitative estimate of drug-likeness (QED) is 0.745. The molecule has 1 aromatic carbocycles. The van der Waals surface area contributed by atoms with Crippen molar-refractivity contribution in [2.75, 3.05) is 30.8 Å². The minimum atomic E-state index is -3.45. The van der Waals surface area contributed by atoms with Gasteiger partial charge in [0.2, 0.25) is 15.9 Å². The third kappa shape index (κ3) is 6.90. The van der Waals surface area contributed by atoms with Gasteiger partial charge in [0.15, 0.2) is 0 Å². The SMILES string of the molecule is COc1ccc(N(CCC(=O)NCCC(C)C)S(C)(=O)=O)cc1. The van der Waals surface area contributed by atoms with Crippen LogP contribution in [0.15, 0.2) is 24.3 Å². The highest BCUT2D eigenvalue weighted by Gasteiger charge is 2.18. The molecule has 6 nitrogen and oxygen atoms in total. The number of carbonyl (C=O) groups is 1. The molecule has 0 aliphatic rings. The van der Waals surface area contributed by atoms with Crippen molar-refractivity contribution in [3.8, 4) is 5.75 Å². The second-order valence-corrected chi connectivity index (χ2v) is 7.72. The summed E-state index contributed by atoms with van der Waals surface area (Å²) >= 11 is 0. The van der Waals surface area contributed by atoms with Crippen molar-refractivity contribution in [2.24, 2.45) is 5.92 Å². The fourth-order valence-corrected chi connectivity index (χ4v) is 2.95. The fraction of sp³-hybridized carbons (Fsp3) is 0.562. The van der Waals surface area contributed by atoms with Gasteiger partial charge in [0.05, 0.1) is 19.1 Å². The minimum Gasteiger partial charge on any atom is -0.497 e. The number of amides is 1. The summed E-state index contributed by atoms with van der Waals surface area (Å²) in [6.45, 7) is 4.89. The van der Waals surface area contributed by atoms with Crippen molar-refractivity contribution < 1.29 is 17.9 Å². The van der Waals surface area contributed by atoms with E-state index >= 15 is 0 Å². The Kier molecular flexibility index (Phi) is 7.35. The number of methoxy groups -OCH3 is 1. The lowest BCUT2D eigenvalue weighted by molar-refractivity contribution is -0.120. The minimum absolute atomic E-state index is 0.110. The summed E-state index contributed by atoms with van der Waals surface area (Å²) in [6.07, 6.45) is 2.16. The van der Waals surface area contributed by atoms with E-state index in [4.69, 9.17) is 4.74 Å². The number of nitrogens with zero attached hydrogens (tertiary/aromatic N) is 1. The number of nitrogens with one attached hydrogen (secondary N) is 1. The number of benzene rings is 1. The summed E-state index contributed by atoms with van der Waals surface area (Å²) in [5.74, 6) is 1.02. The van der Waals surface area contributed by atoms with Crippen molar-refractivity contribution in [1.82, 2.24) is 5.32 Å². The number of hydrogen-bond donors (Lipinski definition) is 1. The molecule has 0 aliphatic heterocycles. The molecule has 0 fully saturated rings. The van der Waals surface area contributed by atoms with Crippen LogP contribution in [0.4, 0.5) is 5.69 Å². The van der Waals surface area contributed by atoms with Crippen LogP contribution in [-0.4, -0.2) is 40.8 Å². The largest absolute Gasteiger partial charge is 0.497 e. The molecule has 23 heavy (non-hydrogen) atoms. The van der Waals surface area contributed by atoms with Crippen LogP contribution in [0.25, 0.3) is 0 Å². The topological polar surface area (TPSA) is 75.7 Å². The summed E-state index contributed by atoms with van der Waals surface area (Å²) < 4.78 is 30.2. The van der Waals surface area contributed by atoms with Gasteiger partial charge in [0.1, 0.15) is 5.75 Å². The lowest BCUT2D eigenvalue weighted by Gasteiger charge is -2.22. The average Bonchev–Trinajstić information content (AvgIpc) is 2.46. The standard InChI is InChI=1S/C16H26N2O4S/c1-13(2)9-11-17-16(19)10-12-18(23(4,20)21)14-5-7-15(22-3)8-6-14/h5-8,13H,9-12H2,1-4H3,(H,17,19). The highest BCUT2D eigenvalue weighted by molar-refractivity contribution is 7.92. The molecule has 0 saturated carbocycles. The molecule has 0 saturated heterocycles. The van der Waals surface area contributed by atoms with Gasteiger partial charge in [0, 0.05) is 19.5 Å². The van der Waals surface area contributed by atoms with Crippen molar-refractivity contribution in [3.63, 3.8) is 0 Å². The van der Waals surface area contributed by atoms with Gasteiger partial charge in [-0.25, -0.2) is 8.42 Å². The maximum Gasteiger partial charge on any atom is 0.232 e. The van der Waals surface area contributed by atoms with Gasteiger partial charge in [-0.3, -0.25) is 9.10 Å². The molecule has 1 N–H and O–H groups in total. The Morgan fingerprint density at radius 1 is 1.26 bits per heavy atom. The fourth-order valence-electron chi connectivity index (χ4n) is 2.03. The normalized spacial score (nSPS) is 11.3. The number of hydrogen-bond acceptors (Lipinski definition) is 4.